The molecule has 0 atom stereocenters. The van der Waals surface area contributed by atoms with Gasteiger partial charge < -0.3 is 9.67 Å². The fraction of sp³-hybridized carbons (Fsp3) is 0.667. The van der Waals surface area contributed by atoms with Gasteiger partial charge in [-0.3, -0.25) is 0 Å². The van der Waals surface area contributed by atoms with Gasteiger partial charge in [-0.2, -0.15) is 0 Å². The molecule has 0 bridgehead atoms. The quantitative estimate of drug-likeness (QED) is 0.720. The van der Waals surface area contributed by atoms with E-state index in [-0.39, 0.29) is 0 Å². The van der Waals surface area contributed by atoms with E-state index in [0.717, 1.165) is 17.9 Å². The zero-order chi connectivity index (χ0) is 9.35. The van der Waals surface area contributed by atoms with E-state index >= 15 is 0 Å². The Hall–Kier alpha value is -0.830. The molecular formula is C9H16N2O. The molecule has 1 rings (SSSR count). The average Bonchev–Trinajstić information content (AvgIpc) is 2.29. The van der Waals surface area contributed by atoms with E-state index < -0.39 is 5.60 Å². The van der Waals surface area contributed by atoms with Crippen LogP contribution in [0.1, 0.15) is 32.3 Å². The predicted octanol–water partition coefficient (Wildman–Crippen LogP) is 1.21. The van der Waals surface area contributed by atoms with Crippen molar-refractivity contribution >= 4 is 0 Å². The van der Waals surface area contributed by atoms with E-state index in [1.54, 1.807) is 20.0 Å². The van der Waals surface area contributed by atoms with Crippen LogP contribution in [0.3, 0.4) is 0 Å². The first-order valence-electron chi connectivity index (χ1n) is 4.20. The van der Waals surface area contributed by atoms with Gasteiger partial charge in [-0.25, -0.2) is 4.98 Å². The van der Waals surface area contributed by atoms with Crippen molar-refractivity contribution in [2.24, 2.45) is 7.05 Å². The van der Waals surface area contributed by atoms with Crippen LogP contribution < -0.4 is 0 Å². The number of hydrogen-bond acceptors (Lipinski definition) is 2. The van der Waals surface area contributed by atoms with Gasteiger partial charge in [0, 0.05) is 13.5 Å². The molecule has 0 spiro atoms. The topological polar surface area (TPSA) is 38.1 Å². The summed E-state index contributed by atoms with van der Waals surface area (Å²) in [6.45, 7) is 5.59. The van der Waals surface area contributed by atoms with Crippen LogP contribution in [-0.4, -0.2) is 14.7 Å². The molecule has 0 unspecified atom stereocenters. The van der Waals surface area contributed by atoms with Crippen LogP contribution in [0.5, 0.6) is 0 Å². The highest BCUT2D eigenvalue weighted by Crippen LogP contribution is 2.19. The zero-order valence-electron chi connectivity index (χ0n) is 8.13. The average molecular weight is 168 g/mol. The first kappa shape index (κ1) is 9.26. The van der Waals surface area contributed by atoms with Crippen LogP contribution in [0.4, 0.5) is 0 Å². The van der Waals surface area contributed by atoms with Crippen molar-refractivity contribution < 1.29 is 5.11 Å². The monoisotopic (exact) mass is 168 g/mol. The van der Waals surface area contributed by atoms with Gasteiger partial charge in [0.2, 0.25) is 0 Å². The standard InChI is InChI=1S/C9H16N2O/c1-5-8-10-6-7(11(8)4)9(2,3)12/h6,12H,5H2,1-4H3. The number of hydrogen-bond donors (Lipinski definition) is 1. The number of aromatic nitrogens is 2. The molecule has 1 aromatic rings. The molecule has 0 fully saturated rings. The maximum atomic E-state index is 9.72. The van der Waals surface area contributed by atoms with Crippen LogP contribution in [0.25, 0.3) is 0 Å². The summed E-state index contributed by atoms with van der Waals surface area (Å²) in [6.07, 6.45) is 2.63. The van der Waals surface area contributed by atoms with Crippen LogP contribution in [0.2, 0.25) is 0 Å². The van der Waals surface area contributed by atoms with Crippen molar-refractivity contribution in [2.45, 2.75) is 32.8 Å². The SMILES string of the molecule is CCc1ncc(C(C)(C)O)n1C. The van der Waals surface area contributed by atoms with E-state index in [1.807, 2.05) is 11.6 Å². The van der Waals surface area contributed by atoms with Gasteiger partial charge in [0.1, 0.15) is 11.4 Å². The highest BCUT2D eigenvalue weighted by molar-refractivity contribution is 5.11. The lowest BCUT2D eigenvalue weighted by molar-refractivity contribution is 0.0705. The van der Waals surface area contributed by atoms with Gasteiger partial charge in [0.05, 0.1) is 11.9 Å². The van der Waals surface area contributed by atoms with Gasteiger partial charge in [0.15, 0.2) is 0 Å². The summed E-state index contributed by atoms with van der Waals surface area (Å²) in [5, 5.41) is 9.72. The summed E-state index contributed by atoms with van der Waals surface area (Å²) in [7, 11) is 1.93. The summed E-state index contributed by atoms with van der Waals surface area (Å²) in [4.78, 5) is 4.20. The lowest BCUT2D eigenvalue weighted by Crippen LogP contribution is -2.20. The molecule has 1 aromatic heterocycles. The molecule has 3 heteroatoms. The maximum absolute atomic E-state index is 9.72. The third kappa shape index (κ3) is 1.50. The Morgan fingerprint density at radius 1 is 1.58 bits per heavy atom. The zero-order valence-corrected chi connectivity index (χ0v) is 8.13. The van der Waals surface area contributed by atoms with Gasteiger partial charge in [-0.15, -0.1) is 0 Å². The summed E-state index contributed by atoms with van der Waals surface area (Å²) in [5.74, 6) is 1.01. The largest absolute Gasteiger partial charge is 0.384 e. The molecule has 0 saturated heterocycles. The molecular weight excluding hydrogens is 152 g/mol. The lowest BCUT2D eigenvalue weighted by Gasteiger charge is -2.17. The molecule has 0 amide bonds. The Bertz CT molecular complexity index is 271. The summed E-state index contributed by atoms with van der Waals surface area (Å²) in [5.41, 5.74) is 0.0641. The van der Waals surface area contributed by atoms with Crippen molar-refractivity contribution in [2.75, 3.05) is 0 Å². The van der Waals surface area contributed by atoms with Crippen molar-refractivity contribution in [1.82, 2.24) is 9.55 Å². The molecule has 1 N–H and O–H groups in total. The molecule has 68 valence electrons. The van der Waals surface area contributed by atoms with Crippen molar-refractivity contribution in [3.05, 3.63) is 17.7 Å². The van der Waals surface area contributed by atoms with Crippen LogP contribution in [0, 0.1) is 0 Å². The van der Waals surface area contributed by atoms with Crippen LogP contribution in [0.15, 0.2) is 6.20 Å². The highest BCUT2D eigenvalue weighted by Gasteiger charge is 2.20. The van der Waals surface area contributed by atoms with Gasteiger partial charge in [-0.1, -0.05) is 6.92 Å². The summed E-state index contributed by atoms with van der Waals surface area (Å²) < 4.78 is 1.94. The first-order valence-corrected chi connectivity index (χ1v) is 4.20. The number of aryl methyl sites for hydroxylation is 1. The van der Waals surface area contributed by atoms with Crippen molar-refractivity contribution in [3.8, 4) is 0 Å². The van der Waals surface area contributed by atoms with E-state index in [2.05, 4.69) is 11.9 Å². The fourth-order valence-electron chi connectivity index (χ4n) is 1.34. The third-order valence-electron chi connectivity index (χ3n) is 2.03. The molecule has 0 aliphatic heterocycles. The third-order valence-corrected chi connectivity index (χ3v) is 2.03. The normalized spacial score (nSPS) is 12.1. The van der Waals surface area contributed by atoms with Gasteiger partial charge in [0.25, 0.3) is 0 Å². The minimum Gasteiger partial charge on any atom is -0.384 e. The Kier molecular flexibility index (Phi) is 2.24. The highest BCUT2D eigenvalue weighted by atomic mass is 16.3. The number of nitrogens with zero attached hydrogens (tertiary/aromatic N) is 2. The fourth-order valence-corrected chi connectivity index (χ4v) is 1.34. The Labute approximate surface area is 73.1 Å². The van der Waals surface area contributed by atoms with E-state index in [1.165, 1.54) is 0 Å². The minimum absolute atomic E-state index is 0.796. The summed E-state index contributed by atoms with van der Waals surface area (Å²) in [6, 6.07) is 0. The molecule has 0 aliphatic carbocycles. The van der Waals surface area contributed by atoms with E-state index in [0.29, 0.717) is 0 Å². The van der Waals surface area contributed by atoms with E-state index in [9.17, 15) is 5.11 Å². The Morgan fingerprint density at radius 2 is 2.17 bits per heavy atom. The van der Waals surface area contributed by atoms with Crippen LogP contribution in [-0.2, 0) is 19.1 Å². The minimum atomic E-state index is -0.796. The molecule has 1 heterocycles. The second-order valence-corrected chi connectivity index (χ2v) is 3.53. The molecule has 0 radical (unpaired) electrons. The predicted molar refractivity (Wildman–Crippen MR) is 47.8 cm³/mol. The number of imidazole rings is 1. The second kappa shape index (κ2) is 2.90. The molecule has 3 nitrogen and oxygen atoms in total. The van der Waals surface area contributed by atoms with Crippen LogP contribution >= 0.6 is 0 Å². The molecule has 0 aliphatic rings. The van der Waals surface area contributed by atoms with E-state index in [4.69, 9.17) is 0 Å². The maximum Gasteiger partial charge on any atom is 0.108 e. The Balaban J connectivity index is 3.11. The summed E-state index contributed by atoms with van der Waals surface area (Å²) >= 11 is 0. The van der Waals surface area contributed by atoms with Gasteiger partial charge >= 0.3 is 0 Å². The van der Waals surface area contributed by atoms with Crippen molar-refractivity contribution in [1.29, 1.82) is 0 Å². The van der Waals surface area contributed by atoms with Crippen molar-refractivity contribution in [3.63, 3.8) is 0 Å². The van der Waals surface area contributed by atoms with Gasteiger partial charge in [-0.05, 0) is 13.8 Å². The Morgan fingerprint density at radius 3 is 2.42 bits per heavy atom. The molecule has 0 aromatic carbocycles. The molecule has 12 heavy (non-hydrogen) atoms. The number of aliphatic hydroxyl groups is 1. The second-order valence-electron chi connectivity index (χ2n) is 3.53. The first-order chi connectivity index (χ1) is 5.46. The number of rotatable bonds is 2. The smallest absolute Gasteiger partial charge is 0.108 e. The lowest BCUT2D eigenvalue weighted by atomic mass is 10.1. The molecule has 0 saturated carbocycles.